The van der Waals surface area contributed by atoms with E-state index < -0.39 is 0 Å². The highest BCUT2D eigenvalue weighted by molar-refractivity contribution is 5.78. The fourth-order valence-electron chi connectivity index (χ4n) is 2.56. The van der Waals surface area contributed by atoms with Crippen molar-refractivity contribution in [3.8, 4) is 0 Å². The van der Waals surface area contributed by atoms with Gasteiger partial charge in [0.1, 0.15) is 0 Å². The molecule has 1 heterocycles. The molecule has 2 aromatic rings. The predicted molar refractivity (Wildman–Crippen MR) is 83.8 cm³/mol. The molecule has 1 unspecified atom stereocenters. The number of anilines is 1. The highest BCUT2D eigenvalue weighted by Gasteiger charge is 2.29. The molecule has 108 valence electrons. The average molecular weight is 281 g/mol. The Hall–Kier alpha value is -2.49. The number of para-hydroxylation sites is 1. The smallest absolute Gasteiger partial charge is 0.332 e. The summed E-state index contributed by atoms with van der Waals surface area (Å²) in [6.45, 7) is 3.35. The van der Waals surface area contributed by atoms with Crippen LogP contribution in [0.2, 0.25) is 0 Å². The molecule has 1 N–H and O–H groups in total. The van der Waals surface area contributed by atoms with Gasteiger partial charge in [0.25, 0.3) is 0 Å². The topological polar surface area (TPSA) is 35.6 Å². The van der Waals surface area contributed by atoms with Gasteiger partial charge in [0.05, 0.1) is 18.8 Å². The van der Waals surface area contributed by atoms with Crippen LogP contribution in [-0.4, -0.2) is 23.6 Å². The van der Waals surface area contributed by atoms with Gasteiger partial charge in [0.15, 0.2) is 0 Å². The molecule has 1 atom stereocenters. The van der Waals surface area contributed by atoms with Crippen LogP contribution in [0.15, 0.2) is 60.7 Å². The molecule has 4 heteroatoms. The highest BCUT2D eigenvalue weighted by Crippen LogP contribution is 2.21. The van der Waals surface area contributed by atoms with Crippen molar-refractivity contribution in [3.05, 3.63) is 66.2 Å². The standard InChI is InChI=1S/C17H19N3O/c1-14-12-19(16-10-6-3-7-11-16)20(17(21)18-14)13-15-8-4-2-5-9-15/h2-11,14H,12-13H2,1H3,(H,18,21). The lowest BCUT2D eigenvalue weighted by Crippen LogP contribution is -2.61. The van der Waals surface area contributed by atoms with E-state index in [1.54, 1.807) is 5.01 Å². The van der Waals surface area contributed by atoms with Gasteiger partial charge in [-0.3, -0.25) is 5.01 Å². The zero-order valence-corrected chi connectivity index (χ0v) is 12.1. The SMILES string of the molecule is CC1CN(c2ccccc2)N(Cc2ccccc2)C(=O)N1. The van der Waals surface area contributed by atoms with Crippen LogP contribution >= 0.6 is 0 Å². The Bertz CT molecular complexity index is 600. The Balaban J connectivity index is 1.88. The van der Waals surface area contributed by atoms with Gasteiger partial charge >= 0.3 is 6.03 Å². The summed E-state index contributed by atoms with van der Waals surface area (Å²) in [5.41, 5.74) is 2.15. The van der Waals surface area contributed by atoms with Crippen LogP contribution < -0.4 is 10.3 Å². The molecule has 3 rings (SSSR count). The molecule has 2 amide bonds. The number of hydrogen-bond donors (Lipinski definition) is 1. The lowest BCUT2D eigenvalue weighted by Gasteiger charge is -2.42. The van der Waals surface area contributed by atoms with Crippen molar-refractivity contribution in [2.24, 2.45) is 0 Å². The number of amides is 2. The second-order valence-corrected chi connectivity index (χ2v) is 5.31. The Morgan fingerprint density at radius 1 is 1.05 bits per heavy atom. The van der Waals surface area contributed by atoms with Crippen LogP contribution in [0.4, 0.5) is 10.5 Å². The number of hydrogen-bond acceptors (Lipinski definition) is 2. The maximum absolute atomic E-state index is 12.4. The molecule has 0 aromatic heterocycles. The summed E-state index contributed by atoms with van der Waals surface area (Å²) < 4.78 is 0. The van der Waals surface area contributed by atoms with Crippen molar-refractivity contribution >= 4 is 11.7 Å². The first-order valence-corrected chi connectivity index (χ1v) is 7.18. The lowest BCUT2D eigenvalue weighted by molar-refractivity contribution is 0.168. The van der Waals surface area contributed by atoms with Crippen molar-refractivity contribution < 1.29 is 4.79 Å². The Kier molecular flexibility index (Phi) is 3.77. The van der Waals surface area contributed by atoms with E-state index in [-0.39, 0.29) is 12.1 Å². The van der Waals surface area contributed by atoms with E-state index in [2.05, 4.69) is 10.3 Å². The Morgan fingerprint density at radius 2 is 1.67 bits per heavy atom. The van der Waals surface area contributed by atoms with Gasteiger partial charge in [-0.25, -0.2) is 9.80 Å². The van der Waals surface area contributed by atoms with Crippen LogP contribution in [0.3, 0.4) is 0 Å². The zero-order valence-electron chi connectivity index (χ0n) is 12.1. The maximum atomic E-state index is 12.4. The molecule has 1 fully saturated rings. The van der Waals surface area contributed by atoms with Crippen LogP contribution in [-0.2, 0) is 6.54 Å². The molecule has 1 aliphatic rings. The second-order valence-electron chi connectivity index (χ2n) is 5.31. The van der Waals surface area contributed by atoms with Gasteiger partial charge in [0, 0.05) is 6.04 Å². The summed E-state index contributed by atoms with van der Waals surface area (Å²) in [5, 5.41) is 6.82. The monoisotopic (exact) mass is 281 g/mol. The number of nitrogens with one attached hydrogen (secondary N) is 1. The van der Waals surface area contributed by atoms with Crippen LogP contribution in [0.25, 0.3) is 0 Å². The van der Waals surface area contributed by atoms with E-state index in [4.69, 9.17) is 0 Å². The highest BCUT2D eigenvalue weighted by atomic mass is 16.2. The lowest BCUT2D eigenvalue weighted by atomic mass is 10.2. The molecular formula is C17H19N3O. The van der Waals surface area contributed by atoms with Crippen molar-refractivity contribution in [2.45, 2.75) is 19.5 Å². The normalized spacial score (nSPS) is 18.5. The number of hydrazine groups is 1. The quantitative estimate of drug-likeness (QED) is 0.938. The molecular weight excluding hydrogens is 262 g/mol. The third-order valence-corrected chi connectivity index (χ3v) is 3.57. The van der Waals surface area contributed by atoms with E-state index in [0.717, 1.165) is 17.8 Å². The van der Waals surface area contributed by atoms with Crippen LogP contribution in [0.5, 0.6) is 0 Å². The third kappa shape index (κ3) is 2.99. The summed E-state index contributed by atoms with van der Waals surface area (Å²) in [6.07, 6.45) is 0. The Labute approximate surface area is 125 Å². The molecule has 0 saturated carbocycles. The number of rotatable bonds is 3. The largest absolute Gasteiger partial charge is 0.336 e. The summed E-state index contributed by atoms with van der Waals surface area (Å²) in [6, 6.07) is 20.1. The molecule has 1 saturated heterocycles. The molecule has 21 heavy (non-hydrogen) atoms. The number of carbonyl (C=O) groups excluding carboxylic acids is 1. The van der Waals surface area contributed by atoms with Crippen molar-refractivity contribution in [2.75, 3.05) is 11.6 Å². The van der Waals surface area contributed by atoms with Gasteiger partial charge in [-0.15, -0.1) is 0 Å². The summed E-state index contributed by atoms with van der Waals surface area (Å²) >= 11 is 0. The minimum Gasteiger partial charge on any atom is -0.332 e. The summed E-state index contributed by atoms with van der Waals surface area (Å²) in [4.78, 5) is 12.4. The fraction of sp³-hybridized carbons (Fsp3) is 0.235. The van der Waals surface area contributed by atoms with E-state index >= 15 is 0 Å². The first-order chi connectivity index (χ1) is 10.2. The van der Waals surface area contributed by atoms with Crippen LogP contribution in [0, 0.1) is 0 Å². The molecule has 2 aromatic carbocycles. The Morgan fingerprint density at radius 3 is 2.33 bits per heavy atom. The maximum Gasteiger partial charge on any atom is 0.336 e. The number of urea groups is 1. The molecule has 4 nitrogen and oxygen atoms in total. The molecule has 0 aliphatic carbocycles. The third-order valence-electron chi connectivity index (χ3n) is 3.57. The zero-order chi connectivity index (χ0) is 14.7. The van der Waals surface area contributed by atoms with Gasteiger partial charge in [0.2, 0.25) is 0 Å². The van der Waals surface area contributed by atoms with Gasteiger partial charge in [-0.2, -0.15) is 0 Å². The van der Waals surface area contributed by atoms with Crippen molar-refractivity contribution in [3.63, 3.8) is 0 Å². The first kappa shape index (κ1) is 13.5. The van der Waals surface area contributed by atoms with Gasteiger partial charge in [-0.1, -0.05) is 48.5 Å². The molecule has 0 spiro atoms. The van der Waals surface area contributed by atoms with Gasteiger partial charge < -0.3 is 5.32 Å². The fourth-order valence-corrected chi connectivity index (χ4v) is 2.56. The number of nitrogens with zero attached hydrogens (tertiary/aromatic N) is 2. The van der Waals surface area contributed by atoms with Crippen molar-refractivity contribution in [1.82, 2.24) is 10.3 Å². The van der Waals surface area contributed by atoms with Gasteiger partial charge in [-0.05, 0) is 24.6 Å². The number of carbonyl (C=O) groups is 1. The second kappa shape index (κ2) is 5.87. The minimum absolute atomic E-state index is 0.0542. The molecule has 0 radical (unpaired) electrons. The first-order valence-electron chi connectivity index (χ1n) is 7.18. The summed E-state index contributed by atoms with van der Waals surface area (Å²) in [5.74, 6) is 0. The minimum atomic E-state index is -0.0542. The average Bonchev–Trinajstić information content (AvgIpc) is 2.51. The van der Waals surface area contributed by atoms with E-state index in [1.165, 1.54) is 0 Å². The van der Waals surface area contributed by atoms with Crippen LogP contribution in [0.1, 0.15) is 12.5 Å². The summed E-state index contributed by atoms with van der Waals surface area (Å²) in [7, 11) is 0. The van der Waals surface area contributed by atoms with E-state index in [1.807, 2.05) is 67.6 Å². The molecule has 0 bridgehead atoms. The van der Waals surface area contributed by atoms with E-state index in [9.17, 15) is 4.79 Å². The van der Waals surface area contributed by atoms with Crippen molar-refractivity contribution in [1.29, 1.82) is 0 Å². The molecule has 1 aliphatic heterocycles. The van der Waals surface area contributed by atoms with E-state index in [0.29, 0.717) is 6.54 Å². The predicted octanol–water partition coefficient (Wildman–Crippen LogP) is 3.02. The number of benzene rings is 2.